The van der Waals surface area contributed by atoms with E-state index < -0.39 is 41.0 Å². The number of Topliss-reactive ketones (excluding diaryl/α,β-unsaturated/α-hetero) is 2. The molecular weight excluding hydrogens is 737 g/mol. The highest BCUT2D eigenvalue weighted by Crippen LogP contribution is 2.51. The average Bonchev–Trinajstić information content (AvgIpc) is 3.58. The van der Waals surface area contributed by atoms with E-state index in [-0.39, 0.29) is 56.8 Å². The second-order valence-electron chi connectivity index (χ2n) is 18.6. The van der Waals surface area contributed by atoms with Gasteiger partial charge in [-0.15, -0.1) is 0 Å². The SMILES string of the molecule is Cc1cc(-c2cc(C)c(C(C)(C)C)c3ccccc23)c2ccccc2c1N1C(=O)c2cc3c(cc2C1=O)C1CC(C3=O)c2cc3c(cc2C1=O)C(=O)N(C(C)(C)C)C3=O. The Hall–Kier alpha value is -6.54. The second kappa shape index (κ2) is 12.0. The van der Waals surface area contributed by atoms with Crippen LogP contribution in [0.15, 0.2) is 84.9 Å². The number of aryl methyl sites for hydroxylation is 2. The summed E-state index contributed by atoms with van der Waals surface area (Å²) >= 11 is 0. The van der Waals surface area contributed by atoms with E-state index in [9.17, 15) is 28.8 Å². The topological polar surface area (TPSA) is 109 Å². The molecule has 6 aromatic carbocycles. The van der Waals surface area contributed by atoms with Gasteiger partial charge < -0.3 is 0 Å². The zero-order valence-electron chi connectivity index (χ0n) is 34.3. The Labute approximate surface area is 341 Å². The number of carbonyl (C=O) groups is 6. The van der Waals surface area contributed by atoms with Crippen molar-refractivity contribution in [2.75, 3.05) is 4.90 Å². The van der Waals surface area contributed by atoms with Gasteiger partial charge in [0.2, 0.25) is 0 Å². The summed E-state index contributed by atoms with van der Waals surface area (Å²) < 4.78 is 0. The number of imide groups is 2. The minimum Gasteiger partial charge on any atom is -0.293 e. The molecule has 0 N–H and O–H groups in total. The van der Waals surface area contributed by atoms with Crippen LogP contribution in [0.2, 0.25) is 0 Å². The molecule has 6 aromatic rings. The summed E-state index contributed by atoms with van der Waals surface area (Å²) in [5.41, 5.74) is 6.73. The van der Waals surface area contributed by atoms with Crippen LogP contribution >= 0.6 is 0 Å². The molecule has 2 bridgehead atoms. The number of fused-ring (bicyclic) bond motifs is 10. The maximum Gasteiger partial charge on any atom is 0.266 e. The van der Waals surface area contributed by atoms with Crippen LogP contribution in [-0.4, -0.2) is 45.6 Å². The number of amides is 4. The zero-order chi connectivity index (χ0) is 41.8. The molecular formula is C51H42N2O6. The molecule has 8 nitrogen and oxygen atoms in total. The maximum atomic E-state index is 14.6. The van der Waals surface area contributed by atoms with Crippen molar-refractivity contribution < 1.29 is 28.8 Å². The van der Waals surface area contributed by atoms with E-state index in [0.29, 0.717) is 16.8 Å². The van der Waals surface area contributed by atoms with Crippen molar-refractivity contribution in [2.24, 2.45) is 0 Å². The standard InChI is InChI=1S/C51H42N2O6/c1-24-17-30(26-13-9-11-15-28(26)42(24)50(3,4)5)31-18-25(2)43(29-16-12-10-14-27(29)31)52-46(56)38-19-32-34-21-35(44(54)36(32)22-39(38)47(52)57)33-20-40-41(23-37(33)45(34)55)49(59)53(48(40)58)51(6,7)8/h9-20,22-23,34-35H,21H2,1-8H3. The first-order chi connectivity index (χ1) is 27.9. The molecule has 10 rings (SSSR count). The van der Waals surface area contributed by atoms with Crippen LogP contribution in [0, 0.1) is 13.8 Å². The largest absolute Gasteiger partial charge is 0.293 e. The smallest absolute Gasteiger partial charge is 0.266 e. The lowest BCUT2D eigenvalue weighted by atomic mass is 9.64. The molecule has 4 aliphatic rings. The van der Waals surface area contributed by atoms with Crippen molar-refractivity contribution in [2.45, 2.75) is 84.6 Å². The summed E-state index contributed by atoms with van der Waals surface area (Å²) in [6, 6.07) is 26.6. The van der Waals surface area contributed by atoms with E-state index in [0.717, 1.165) is 32.8 Å². The first-order valence-electron chi connectivity index (χ1n) is 20.2. The van der Waals surface area contributed by atoms with E-state index in [4.69, 9.17) is 0 Å². The first kappa shape index (κ1) is 36.8. The summed E-state index contributed by atoms with van der Waals surface area (Å²) in [5.74, 6) is -4.09. The number of benzene rings is 6. The van der Waals surface area contributed by atoms with Crippen molar-refractivity contribution in [3.63, 3.8) is 0 Å². The minimum atomic E-state index is -0.785. The van der Waals surface area contributed by atoms with E-state index in [2.05, 4.69) is 64.1 Å². The summed E-state index contributed by atoms with van der Waals surface area (Å²) in [6.45, 7) is 16.0. The van der Waals surface area contributed by atoms with E-state index in [1.807, 2.05) is 31.2 Å². The van der Waals surface area contributed by atoms with E-state index >= 15 is 0 Å². The van der Waals surface area contributed by atoms with Crippen LogP contribution in [0.5, 0.6) is 0 Å². The minimum absolute atomic E-state index is 0.0786. The third-order valence-electron chi connectivity index (χ3n) is 12.9. The fourth-order valence-corrected chi connectivity index (χ4v) is 10.5. The summed E-state index contributed by atoms with van der Waals surface area (Å²) in [6.07, 6.45) is 0.169. The third-order valence-corrected chi connectivity index (χ3v) is 12.9. The second-order valence-corrected chi connectivity index (χ2v) is 18.6. The van der Waals surface area contributed by atoms with Crippen molar-refractivity contribution in [1.82, 2.24) is 4.90 Å². The van der Waals surface area contributed by atoms with Gasteiger partial charge in [-0.05, 0) is 132 Å². The van der Waals surface area contributed by atoms with Gasteiger partial charge in [0, 0.05) is 33.9 Å². The zero-order valence-corrected chi connectivity index (χ0v) is 34.3. The number of hydrogen-bond donors (Lipinski definition) is 0. The lowest BCUT2D eigenvalue weighted by Gasteiger charge is -2.36. The van der Waals surface area contributed by atoms with Crippen molar-refractivity contribution in [3.05, 3.63) is 146 Å². The van der Waals surface area contributed by atoms with Crippen LogP contribution in [-0.2, 0) is 5.41 Å². The third kappa shape index (κ3) is 4.95. The van der Waals surface area contributed by atoms with Crippen molar-refractivity contribution in [1.29, 1.82) is 0 Å². The van der Waals surface area contributed by atoms with Crippen LogP contribution in [0.4, 0.5) is 5.69 Å². The highest BCUT2D eigenvalue weighted by atomic mass is 16.2. The molecule has 0 radical (unpaired) electrons. The predicted octanol–water partition coefficient (Wildman–Crippen LogP) is 10.4. The molecule has 2 atom stereocenters. The average molecular weight is 779 g/mol. The molecule has 0 saturated carbocycles. The molecule has 8 heteroatoms. The van der Waals surface area contributed by atoms with Gasteiger partial charge >= 0.3 is 0 Å². The summed E-state index contributed by atoms with van der Waals surface area (Å²) in [5, 5.41) is 3.93. The van der Waals surface area contributed by atoms with Crippen molar-refractivity contribution >= 4 is 62.4 Å². The van der Waals surface area contributed by atoms with Gasteiger partial charge in [-0.3, -0.25) is 33.7 Å². The first-order valence-corrected chi connectivity index (χ1v) is 20.2. The summed E-state index contributed by atoms with van der Waals surface area (Å²) in [4.78, 5) is 87.3. The molecule has 2 heterocycles. The molecule has 59 heavy (non-hydrogen) atoms. The molecule has 4 amide bonds. The van der Waals surface area contributed by atoms with Gasteiger partial charge in [-0.1, -0.05) is 75.4 Å². The number of anilines is 1. The van der Waals surface area contributed by atoms with E-state index in [1.165, 1.54) is 38.4 Å². The number of hydrogen-bond acceptors (Lipinski definition) is 6. The Morgan fingerprint density at radius 2 is 0.898 bits per heavy atom. The van der Waals surface area contributed by atoms with E-state index in [1.54, 1.807) is 32.9 Å². The molecule has 2 aliphatic heterocycles. The lowest BCUT2D eigenvalue weighted by Crippen LogP contribution is -2.45. The lowest BCUT2D eigenvalue weighted by molar-refractivity contribution is 0.0506. The van der Waals surface area contributed by atoms with Gasteiger partial charge in [0.15, 0.2) is 11.6 Å². The predicted molar refractivity (Wildman–Crippen MR) is 228 cm³/mol. The van der Waals surface area contributed by atoms with Gasteiger partial charge in [-0.2, -0.15) is 0 Å². The monoisotopic (exact) mass is 778 g/mol. The number of ketones is 2. The number of rotatable bonds is 2. The van der Waals surface area contributed by atoms with Crippen LogP contribution in [0.3, 0.4) is 0 Å². The summed E-state index contributed by atoms with van der Waals surface area (Å²) in [7, 11) is 0. The molecule has 292 valence electrons. The van der Waals surface area contributed by atoms with Gasteiger partial charge in [0.05, 0.1) is 27.9 Å². The molecule has 2 aliphatic carbocycles. The van der Waals surface area contributed by atoms with Crippen LogP contribution < -0.4 is 4.90 Å². The Bertz CT molecular complexity index is 3050. The van der Waals surface area contributed by atoms with Gasteiger partial charge in [0.1, 0.15) is 0 Å². The Balaban J connectivity index is 1.08. The normalized spacial score (nSPS) is 18.6. The van der Waals surface area contributed by atoms with Gasteiger partial charge in [-0.25, -0.2) is 4.90 Å². The van der Waals surface area contributed by atoms with Crippen LogP contribution in [0.25, 0.3) is 32.7 Å². The van der Waals surface area contributed by atoms with Gasteiger partial charge in [0.25, 0.3) is 23.6 Å². The highest BCUT2D eigenvalue weighted by molar-refractivity contribution is 6.37. The molecule has 0 aromatic heterocycles. The number of carbonyl (C=O) groups excluding carboxylic acids is 6. The van der Waals surface area contributed by atoms with Crippen molar-refractivity contribution in [3.8, 4) is 11.1 Å². The Morgan fingerprint density at radius 1 is 0.475 bits per heavy atom. The highest BCUT2D eigenvalue weighted by Gasteiger charge is 2.50. The molecule has 0 spiro atoms. The Kier molecular flexibility index (Phi) is 7.49. The fourth-order valence-electron chi connectivity index (χ4n) is 10.5. The van der Waals surface area contributed by atoms with Crippen LogP contribution in [0.1, 0.15) is 150 Å². The maximum absolute atomic E-state index is 14.6. The number of nitrogens with zero attached hydrogens (tertiary/aromatic N) is 2. The molecule has 0 fully saturated rings. The fraction of sp³-hybridized carbons (Fsp3) is 0.255. The molecule has 2 unspecified atom stereocenters. The quantitative estimate of drug-likeness (QED) is 0.162. The Morgan fingerprint density at radius 3 is 1.41 bits per heavy atom. The molecule has 0 saturated heterocycles.